The molecule has 1 nitrogen and oxygen atoms in total. The second-order valence-electron chi connectivity index (χ2n) is 3.74. The van der Waals surface area contributed by atoms with Crippen molar-refractivity contribution in [3.63, 3.8) is 0 Å². The Bertz CT molecular complexity index is 226. The number of hydrogen-bond acceptors (Lipinski definition) is 0. The van der Waals surface area contributed by atoms with Crippen LogP contribution in [-0.2, 0) is 5.41 Å². The Morgan fingerprint density at radius 3 is 2.33 bits per heavy atom. The average molecular weight is 163 g/mol. The van der Waals surface area contributed by atoms with Crippen LogP contribution >= 0.6 is 0 Å². The first-order valence-electron chi connectivity index (χ1n) is 4.33. The van der Waals surface area contributed by atoms with Crippen molar-refractivity contribution >= 4 is 0 Å². The SMILES string of the molecule is [CH2-][NH2+]CC(C)(C)c1ccccc1. The second-order valence-corrected chi connectivity index (χ2v) is 3.74. The first-order valence-corrected chi connectivity index (χ1v) is 4.33. The second kappa shape index (κ2) is 3.72. The van der Waals surface area contributed by atoms with Gasteiger partial charge >= 0.3 is 0 Å². The van der Waals surface area contributed by atoms with Gasteiger partial charge in [-0.05, 0) is 5.56 Å². The Hall–Kier alpha value is -0.820. The molecule has 0 radical (unpaired) electrons. The minimum absolute atomic E-state index is 0.225. The van der Waals surface area contributed by atoms with E-state index in [1.807, 2.05) is 11.4 Å². The fourth-order valence-electron chi connectivity index (χ4n) is 1.37. The lowest BCUT2D eigenvalue weighted by Crippen LogP contribution is -2.80. The summed E-state index contributed by atoms with van der Waals surface area (Å²) in [5.74, 6) is 0. The van der Waals surface area contributed by atoms with E-state index >= 15 is 0 Å². The van der Waals surface area contributed by atoms with Crippen LogP contribution in [0.5, 0.6) is 0 Å². The van der Waals surface area contributed by atoms with E-state index in [4.69, 9.17) is 0 Å². The van der Waals surface area contributed by atoms with Crippen molar-refractivity contribution in [2.75, 3.05) is 6.54 Å². The Labute approximate surface area is 74.8 Å². The van der Waals surface area contributed by atoms with Crippen LogP contribution in [0.1, 0.15) is 19.4 Å². The normalized spacial score (nSPS) is 11.6. The van der Waals surface area contributed by atoms with Gasteiger partial charge in [-0.25, -0.2) is 0 Å². The summed E-state index contributed by atoms with van der Waals surface area (Å²) in [7, 11) is 3.77. The quantitative estimate of drug-likeness (QED) is 0.647. The molecule has 1 aromatic carbocycles. The van der Waals surface area contributed by atoms with Crippen LogP contribution in [0.4, 0.5) is 0 Å². The van der Waals surface area contributed by atoms with E-state index in [0.717, 1.165) is 6.54 Å². The summed E-state index contributed by atoms with van der Waals surface area (Å²) in [5.41, 5.74) is 1.60. The molecule has 1 rings (SSSR count). The zero-order valence-corrected chi connectivity index (χ0v) is 7.88. The molecule has 0 fully saturated rings. The first kappa shape index (κ1) is 9.27. The van der Waals surface area contributed by atoms with E-state index in [1.54, 1.807) is 0 Å². The van der Waals surface area contributed by atoms with Crippen molar-refractivity contribution < 1.29 is 5.32 Å². The molecule has 1 heteroatoms. The predicted molar refractivity (Wildman–Crippen MR) is 51.6 cm³/mol. The van der Waals surface area contributed by atoms with Gasteiger partial charge in [0.25, 0.3) is 0 Å². The molecule has 0 saturated heterocycles. The Morgan fingerprint density at radius 2 is 1.83 bits per heavy atom. The molecule has 0 spiro atoms. The molecule has 0 aliphatic carbocycles. The number of quaternary nitrogens is 1. The van der Waals surface area contributed by atoms with Gasteiger partial charge in [0.05, 0.1) is 6.54 Å². The van der Waals surface area contributed by atoms with Crippen LogP contribution in [0, 0.1) is 7.05 Å². The lowest BCUT2D eigenvalue weighted by atomic mass is 9.85. The predicted octanol–water partition coefficient (Wildman–Crippen LogP) is 1.32. The van der Waals surface area contributed by atoms with Crippen LogP contribution < -0.4 is 5.32 Å². The highest BCUT2D eigenvalue weighted by molar-refractivity contribution is 5.23. The maximum atomic E-state index is 3.77. The van der Waals surface area contributed by atoms with Gasteiger partial charge in [0.15, 0.2) is 0 Å². The van der Waals surface area contributed by atoms with E-state index in [9.17, 15) is 0 Å². The minimum atomic E-state index is 0.225. The number of benzene rings is 1. The summed E-state index contributed by atoms with van der Waals surface area (Å²) in [6, 6.07) is 10.6. The number of hydrogen-bond donors (Lipinski definition) is 1. The van der Waals surface area contributed by atoms with Crippen molar-refractivity contribution in [1.82, 2.24) is 0 Å². The monoisotopic (exact) mass is 163 g/mol. The van der Waals surface area contributed by atoms with Crippen molar-refractivity contribution in [2.24, 2.45) is 0 Å². The molecule has 0 aliphatic rings. The van der Waals surface area contributed by atoms with E-state index in [0.29, 0.717) is 0 Å². The van der Waals surface area contributed by atoms with Gasteiger partial charge in [-0.15, -0.1) is 0 Å². The van der Waals surface area contributed by atoms with Crippen LogP contribution in [0.2, 0.25) is 0 Å². The molecule has 1 aromatic rings. The van der Waals surface area contributed by atoms with Gasteiger partial charge in [-0.1, -0.05) is 44.2 Å². The standard InChI is InChI=1S/C11H17N/c1-11(2,9-12-3)10-7-5-4-6-8-10/h4-8H,3,9,12H2,1-2H3. The molecule has 66 valence electrons. The van der Waals surface area contributed by atoms with Gasteiger partial charge in [-0.2, -0.15) is 7.05 Å². The molecule has 0 bridgehead atoms. The van der Waals surface area contributed by atoms with Crippen LogP contribution in [-0.4, -0.2) is 6.54 Å². The largest absolute Gasteiger partial charge is 0.478 e. The van der Waals surface area contributed by atoms with E-state index in [2.05, 4.69) is 45.2 Å². The first-order chi connectivity index (χ1) is 5.67. The Morgan fingerprint density at radius 1 is 1.25 bits per heavy atom. The van der Waals surface area contributed by atoms with E-state index < -0.39 is 0 Å². The van der Waals surface area contributed by atoms with E-state index in [1.165, 1.54) is 5.56 Å². The average Bonchev–Trinajstić information content (AvgIpc) is 2.06. The molecular formula is C11H17N. The molecule has 0 aromatic heterocycles. The molecule has 2 N–H and O–H groups in total. The highest BCUT2D eigenvalue weighted by atomic mass is 14.8. The maximum Gasteiger partial charge on any atom is 0.0608 e. The Kier molecular flexibility index (Phi) is 2.88. The summed E-state index contributed by atoms with van der Waals surface area (Å²) in [4.78, 5) is 0. The number of rotatable bonds is 3. The van der Waals surface area contributed by atoms with Gasteiger partial charge < -0.3 is 5.32 Å². The van der Waals surface area contributed by atoms with Gasteiger partial charge in [0.2, 0.25) is 0 Å². The molecule has 0 saturated carbocycles. The zero-order chi connectivity index (χ0) is 9.03. The molecule has 0 aliphatic heterocycles. The molecular weight excluding hydrogens is 146 g/mol. The summed E-state index contributed by atoms with van der Waals surface area (Å²) in [6.45, 7) is 5.50. The summed E-state index contributed by atoms with van der Waals surface area (Å²) >= 11 is 0. The summed E-state index contributed by atoms with van der Waals surface area (Å²) in [5, 5.41) is 1.98. The summed E-state index contributed by atoms with van der Waals surface area (Å²) in [6.07, 6.45) is 0. The third-order valence-electron chi connectivity index (χ3n) is 2.21. The van der Waals surface area contributed by atoms with E-state index in [-0.39, 0.29) is 5.41 Å². The third-order valence-corrected chi connectivity index (χ3v) is 2.21. The third kappa shape index (κ3) is 2.08. The Balaban J connectivity index is 2.82. The topological polar surface area (TPSA) is 16.6 Å². The highest BCUT2D eigenvalue weighted by Gasteiger charge is 2.19. The van der Waals surface area contributed by atoms with Gasteiger partial charge in [0.1, 0.15) is 0 Å². The molecule has 12 heavy (non-hydrogen) atoms. The van der Waals surface area contributed by atoms with Crippen molar-refractivity contribution in [3.05, 3.63) is 42.9 Å². The number of nitrogens with two attached hydrogens (primary N) is 1. The van der Waals surface area contributed by atoms with Crippen molar-refractivity contribution in [3.8, 4) is 0 Å². The molecule has 0 heterocycles. The van der Waals surface area contributed by atoms with Crippen LogP contribution in [0.15, 0.2) is 30.3 Å². The van der Waals surface area contributed by atoms with Crippen molar-refractivity contribution in [1.29, 1.82) is 0 Å². The highest BCUT2D eigenvalue weighted by Crippen LogP contribution is 2.20. The fourth-order valence-corrected chi connectivity index (χ4v) is 1.37. The molecule has 0 unspecified atom stereocenters. The molecule has 0 amide bonds. The van der Waals surface area contributed by atoms with Gasteiger partial charge in [0, 0.05) is 5.41 Å². The smallest absolute Gasteiger partial charge is 0.0608 e. The molecule has 0 atom stereocenters. The zero-order valence-electron chi connectivity index (χ0n) is 7.88. The lowest BCUT2D eigenvalue weighted by molar-refractivity contribution is -0.603. The maximum absolute atomic E-state index is 3.77. The van der Waals surface area contributed by atoms with Crippen LogP contribution in [0.3, 0.4) is 0 Å². The summed E-state index contributed by atoms with van der Waals surface area (Å²) < 4.78 is 0. The fraction of sp³-hybridized carbons (Fsp3) is 0.364. The van der Waals surface area contributed by atoms with Crippen LogP contribution in [0.25, 0.3) is 0 Å². The lowest BCUT2D eigenvalue weighted by Gasteiger charge is -2.23. The minimum Gasteiger partial charge on any atom is -0.478 e. The van der Waals surface area contributed by atoms with Crippen molar-refractivity contribution in [2.45, 2.75) is 19.3 Å². The van der Waals surface area contributed by atoms with Gasteiger partial charge in [-0.3, -0.25) is 0 Å².